The first-order valence-electron chi connectivity index (χ1n) is 10.8. The van der Waals surface area contributed by atoms with E-state index in [1.807, 2.05) is 6.92 Å². The lowest BCUT2D eigenvalue weighted by molar-refractivity contribution is -0.208. The van der Waals surface area contributed by atoms with Crippen LogP contribution in [0.1, 0.15) is 36.9 Å². The summed E-state index contributed by atoms with van der Waals surface area (Å²) < 4.78 is 53.7. The van der Waals surface area contributed by atoms with E-state index in [9.17, 15) is 32.6 Å². The summed E-state index contributed by atoms with van der Waals surface area (Å²) >= 11 is 0. The summed E-state index contributed by atoms with van der Waals surface area (Å²) in [6.07, 6.45) is -4.18. The van der Waals surface area contributed by atoms with Gasteiger partial charge in [-0.2, -0.15) is 18.3 Å². The number of halogens is 4. The Bertz CT molecular complexity index is 1060. The average molecular weight is 467 g/mol. The number of rotatable bonds is 6. The van der Waals surface area contributed by atoms with Gasteiger partial charge in [0.25, 0.3) is 0 Å². The van der Waals surface area contributed by atoms with Crippen molar-refractivity contribution in [2.75, 3.05) is 19.7 Å². The molecule has 4 rings (SSSR count). The average Bonchev–Trinajstić information content (AvgIpc) is 3.38. The van der Waals surface area contributed by atoms with E-state index in [0.29, 0.717) is 19.3 Å². The van der Waals surface area contributed by atoms with Crippen LogP contribution in [-0.4, -0.2) is 62.8 Å². The molecule has 6 nitrogen and oxygen atoms in total. The lowest BCUT2D eigenvalue weighted by Crippen LogP contribution is -2.47. The van der Waals surface area contributed by atoms with Crippen LogP contribution in [0.5, 0.6) is 0 Å². The van der Waals surface area contributed by atoms with Gasteiger partial charge in [-0.15, -0.1) is 0 Å². The molecule has 178 valence electrons. The van der Waals surface area contributed by atoms with Gasteiger partial charge in [-0.25, -0.2) is 9.07 Å². The van der Waals surface area contributed by atoms with Crippen LogP contribution in [0.2, 0.25) is 0 Å². The molecular formula is C23H25F4N3O3. The largest absolute Gasteiger partial charge is 0.416 e. The van der Waals surface area contributed by atoms with Crippen LogP contribution in [0.25, 0.3) is 5.69 Å². The monoisotopic (exact) mass is 467 g/mol. The van der Waals surface area contributed by atoms with Gasteiger partial charge < -0.3 is 15.1 Å². The Hall–Kier alpha value is -2.72. The van der Waals surface area contributed by atoms with Gasteiger partial charge in [0.1, 0.15) is 5.82 Å². The van der Waals surface area contributed by atoms with E-state index in [-0.39, 0.29) is 18.3 Å². The fraction of sp³-hybridized carbons (Fsp3) is 0.478. The maximum atomic E-state index is 13.3. The Morgan fingerprint density at radius 1 is 1.30 bits per heavy atom. The Morgan fingerprint density at radius 2 is 2.00 bits per heavy atom. The van der Waals surface area contributed by atoms with Gasteiger partial charge in [0, 0.05) is 24.4 Å². The number of benzene rings is 1. The summed E-state index contributed by atoms with van der Waals surface area (Å²) in [6.45, 7) is 0.243. The summed E-state index contributed by atoms with van der Waals surface area (Å²) in [5.74, 6) is -1.64. The molecule has 0 saturated heterocycles. The molecule has 1 amide bonds. The lowest BCUT2D eigenvalue weighted by atomic mass is 9.79. The third kappa shape index (κ3) is 4.41. The summed E-state index contributed by atoms with van der Waals surface area (Å²) in [5, 5.41) is 23.2. The Labute approximate surface area is 188 Å². The van der Waals surface area contributed by atoms with Crippen molar-refractivity contribution in [3.8, 4) is 5.69 Å². The second kappa shape index (κ2) is 8.90. The SMILES string of the molecule is C[C@@H]1C2=C(CC[C@H]2C(=O)N(CCO)CC(O)C(F)(F)F)Cc2c1cnn2-c1ccc(F)cc1. The molecule has 2 aliphatic rings. The highest BCUT2D eigenvalue weighted by molar-refractivity contribution is 5.83. The molecule has 3 atom stereocenters. The molecule has 0 aliphatic heterocycles. The number of nitrogens with zero attached hydrogens (tertiary/aromatic N) is 3. The maximum Gasteiger partial charge on any atom is 0.416 e. The number of alkyl halides is 3. The third-order valence-electron chi connectivity index (χ3n) is 6.56. The predicted octanol–water partition coefficient (Wildman–Crippen LogP) is 3.12. The summed E-state index contributed by atoms with van der Waals surface area (Å²) in [4.78, 5) is 14.1. The predicted molar refractivity (Wildman–Crippen MR) is 111 cm³/mol. The molecule has 0 fully saturated rings. The zero-order valence-electron chi connectivity index (χ0n) is 18.0. The molecule has 0 saturated carbocycles. The van der Waals surface area contributed by atoms with Gasteiger partial charge >= 0.3 is 6.18 Å². The van der Waals surface area contributed by atoms with Crippen molar-refractivity contribution in [2.24, 2.45) is 5.92 Å². The molecule has 1 aromatic carbocycles. The van der Waals surface area contributed by atoms with Crippen LogP contribution < -0.4 is 0 Å². The van der Waals surface area contributed by atoms with Crippen LogP contribution in [0.4, 0.5) is 17.6 Å². The topological polar surface area (TPSA) is 78.6 Å². The number of allylic oxidation sites excluding steroid dienone is 1. The molecule has 0 bridgehead atoms. The summed E-state index contributed by atoms with van der Waals surface area (Å²) in [7, 11) is 0. The number of fused-ring (bicyclic) bond motifs is 1. The van der Waals surface area contributed by atoms with Crippen LogP contribution >= 0.6 is 0 Å². The van der Waals surface area contributed by atoms with Crippen LogP contribution in [0.15, 0.2) is 41.6 Å². The second-order valence-electron chi connectivity index (χ2n) is 8.55. The first-order chi connectivity index (χ1) is 15.6. The second-order valence-corrected chi connectivity index (χ2v) is 8.55. The zero-order valence-corrected chi connectivity index (χ0v) is 18.0. The van der Waals surface area contributed by atoms with Gasteiger partial charge in [-0.3, -0.25) is 4.79 Å². The highest BCUT2D eigenvalue weighted by atomic mass is 19.4. The van der Waals surface area contributed by atoms with Crippen molar-refractivity contribution in [3.63, 3.8) is 0 Å². The van der Waals surface area contributed by atoms with E-state index in [1.54, 1.807) is 23.0 Å². The number of aliphatic hydroxyl groups is 2. The molecule has 2 aliphatic carbocycles. The fourth-order valence-electron chi connectivity index (χ4n) is 4.96. The number of hydrogen-bond acceptors (Lipinski definition) is 4. The Morgan fingerprint density at radius 3 is 2.64 bits per heavy atom. The Balaban J connectivity index is 1.59. The first kappa shape index (κ1) is 23.4. The molecule has 2 N–H and O–H groups in total. The lowest BCUT2D eigenvalue weighted by Gasteiger charge is -2.31. The van der Waals surface area contributed by atoms with Crippen LogP contribution in [-0.2, 0) is 11.2 Å². The van der Waals surface area contributed by atoms with E-state index in [4.69, 9.17) is 0 Å². The van der Waals surface area contributed by atoms with Crippen molar-refractivity contribution < 1.29 is 32.6 Å². The minimum absolute atomic E-state index is 0.169. The molecule has 2 aromatic rings. The van der Waals surface area contributed by atoms with E-state index in [2.05, 4.69) is 5.10 Å². The Kier molecular flexibility index (Phi) is 6.32. The van der Waals surface area contributed by atoms with Gasteiger partial charge in [0.05, 0.1) is 36.6 Å². The number of hydrogen-bond donors (Lipinski definition) is 2. The minimum Gasteiger partial charge on any atom is -0.395 e. The van der Waals surface area contributed by atoms with Crippen LogP contribution in [0, 0.1) is 11.7 Å². The zero-order chi connectivity index (χ0) is 23.9. The van der Waals surface area contributed by atoms with Crippen molar-refractivity contribution in [1.29, 1.82) is 0 Å². The fourth-order valence-corrected chi connectivity index (χ4v) is 4.96. The normalized spacial score (nSPS) is 21.1. The van der Waals surface area contributed by atoms with E-state index in [0.717, 1.165) is 33.0 Å². The van der Waals surface area contributed by atoms with Crippen molar-refractivity contribution in [3.05, 3.63) is 58.7 Å². The van der Waals surface area contributed by atoms with Crippen molar-refractivity contribution >= 4 is 5.91 Å². The molecule has 1 unspecified atom stereocenters. The molecular weight excluding hydrogens is 442 g/mol. The highest BCUT2D eigenvalue weighted by Crippen LogP contribution is 2.47. The molecule has 1 aromatic heterocycles. The van der Waals surface area contributed by atoms with Gasteiger partial charge in [0.15, 0.2) is 6.10 Å². The first-order valence-corrected chi connectivity index (χ1v) is 10.8. The van der Waals surface area contributed by atoms with E-state index < -0.39 is 37.3 Å². The van der Waals surface area contributed by atoms with Crippen molar-refractivity contribution in [2.45, 2.75) is 44.4 Å². The summed E-state index contributed by atoms with van der Waals surface area (Å²) in [6, 6.07) is 5.99. The van der Waals surface area contributed by atoms with Crippen molar-refractivity contribution in [1.82, 2.24) is 14.7 Å². The molecule has 10 heteroatoms. The van der Waals surface area contributed by atoms with Gasteiger partial charge in [0.2, 0.25) is 5.91 Å². The van der Waals surface area contributed by atoms with E-state index in [1.165, 1.54) is 12.1 Å². The molecule has 0 radical (unpaired) electrons. The minimum atomic E-state index is -4.85. The number of amides is 1. The highest BCUT2D eigenvalue weighted by Gasteiger charge is 2.44. The number of aromatic nitrogens is 2. The van der Waals surface area contributed by atoms with Gasteiger partial charge in [-0.1, -0.05) is 18.1 Å². The molecule has 33 heavy (non-hydrogen) atoms. The molecule has 0 spiro atoms. The number of carbonyl (C=O) groups excluding carboxylic acids is 1. The molecule has 1 heterocycles. The third-order valence-corrected chi connectivity index (χ3v) is 6.56. The summed E-state index contributed by atoms with van der Waals surface area (Å²) in [5.41, 5.74) is 4.52. The smallest absolute Gasteiger partial charge is 0.395 e. The van der Waals surface area contributed by atoms with E-state index >= 15 is 0 Å². The van der Waals surface area contributed by atoms with Crippen LogP contribution in [0.3, 0.4) is 0 Å². The number of carbonyl (C=O) groups is 1. The quantitative estimate of drug-likeness (QED) is 0.506. The maximum absolute atomic E-state index is 13.3. The number of aliphatic hydroxyl groups excluding tert-OH is 2. The standard InChI is InChI=1S/C23H25F4N3O3/c1-13-18-11-28-30(16-5-3-15(24)4-6-16)19(18)10-14-2-7-17(21(13)14)22(33)29(8-9-31)12-20(32)23(25,26)27/h3-6,11,13,17,20,31-32H,2,7-10,12H2,1H3/t13-,17+,20?/m0/s1. The van der Waals surface area contributed by atoms with Gasteiger partial charge in [-0.05, 0) is 37.1 Å².